The molecule has 7 heteroatoms. The van der Waals surface area contributed by atoms with Crippen LogP contribution in [0.25, 0.3) is 16.7 Å². The van der Waals surface area contributed by atoms with Crippen LogP contribution in [-0.2, 0) is 17.8 Å². The highest BCUT2D eigenvalue weighted by Crippen LogP contribution is 2.17. The van der Waals surface area contributed by atoms with Crippen molar-refractivity contribution in [3.05, 3.63) is 82.5 Å². The lowest BCUT2D eigenvalue weighted by Crippen LogP contribution is -2.27. The second kappa shape index (κ2) is 8.95. The number of aromatic nitrogens is 4. The summed E-state index contributed by atoms with van der Waals surface area (Å²) in [6, 6.07) is 15.6. The number of unbranched alkanes of at least 4 members (excludes halogenated alkanes) is 1. The second-order valence-corrected chi connectivity index (χ2v) is 7.61. The van der Waals surface area contributed by atoms with E-state index < -0.39 is 0 Å². The minimum Gasteiger partial charge on any atom is -0.325 e. The van der Waals surface area contributed by atoms with Gasteiger partial charge in [0, 0.05) is 5.69 Å². The van der Waals surface area contributed by atoms with E-state index in [4.69, 9.17) is 0 Å². The zero-order valence-electron chi connectivity index (χ0n) is 17.7. The largest absolute Gasteiger partial charge is 0.325 e. The van der Waals surface area contributed by atoms with Gasteiger partial charge in [-0.25, -0.2) is 9.67 Å². The average molecular weight is 415 g/mol. The molecule has 0 atom stereocenters. The maximum absolute atomic E-state index is 12.9. The summed E-state index contributed by atoms with van der Waals surface area (Å²) in [6.45, 7) is 4.02. The number of carbonyl (C=O) groups is 1. The van der Waals surface area contributed by atoms with Gasteiger partial charge in [-0.3, -0.25) is 14.2 Å². The lowest BCUT2D eigenvalue weighted by Gasteiger charge is -2.09. The molecule has 158 valence electrons. The maximum atomic E-state index is 12.9. The van der Waals surface area contributed by atoms with Crippen LogP contribution in [0.3, 0.4) is 0 Å². The van der Waals surface area contributed by atoms with Crippen molar-refractivity contribution in [3.8, 4) is 5.69 Å². The van der Waals surface area contributed by atoms with Gasteiger partial charge in [0.25, 0.3) is 5.56 Å². The molecule has 0 radical (unpaired) electrons. The van der Waals surface area contributed by atoms with Crippen molar-refractivity contribution in [2.45, 2.75) is 39.7 Å². The molecule has 0 saturated carbocycles. The molecular formula is C24H25N5O2. The van der Waals surface area contributed by atoms with Gasteiger partial charge in [-0.05, 0) is 49.1 Å². The third kappa shape index (κ3) is 4.40. The fourth-order valence-corrected chi connectivity index (χ4v) is 3.53. The molecule has 4 aromatic rings. The van der Waals surface area contributed by atoms with Crippen molar-refractivity contribution in [2.75, 3.05) is 5.32 Å². The van der Waals surface area contributed by atoms with E-state index in [0.717, 1.165) is 30.5 Å². The number of para-hydroxylation sites is 1. The van der Waals surface area contributed by atoms with Crippen LogP contribution < -0.4 is 10.9 Å². The first-order chi connectivity index (χ1) is 15.1. The number of nitrogens with zero attached hydrogens (tertiary/aromatic N) is 4. The molecule has 1 N–H and O–H groups in total. The normalized spacial score (nSPS) is 11.0. The van der Waals surface area contributed by atoms with E-state index in [-0.39, 0.29) is 18.0 Å². The van der Waals surface area contributed by atoms with E-state index in [1.54, 1.807) is 4.68 Å². The summed E-state index contributed by atoms with van der Waals surface area (Å²) in [7, 11) is 0. The van der Waals surface area contributed by atoms with Crippen LogP contribution in [-0.4, -0.2) is 25.2 Å². The van der Waals surface area contributed by atoms with Gasteiger partial charge in [0.15, 0.2) is 5.65 Å². The lowest BCUT2D eigenvalue weighted by atomic mass is 10.1. The van der Waals surface area contributed by atoms with Crippen LogP contribution in [0, 0.1) is 6.92 Å². The van der Waals surface area contributed by atoms with Crippen LogP contribution in [0.2, 0.25) is 0 Å². The van der Waals surface area contributed by atoms with Crippen molar-refractivity contribution >= 4 is 22.6 Å². The van der Waals surface area contributed by atoms with Crippen LogP contribution in [0.1, 0.15) is 30.9 Å². The van der Waals surface area contributed by atoms with Gasteiger partial charge >= 0.3 is 0 Å². The molecule has 0 aliphatic rings. The molecule has 2 aromatic heterocycles. The van der Waals surface area contributed by atoms with Crippen LogP contribution in [0.5, 0.6) is 0 Å². The molecule has 0 saturated heterocycles. The molecule has 4 rings (SSSR count). The molecule has 0 spiro atoms. The highest BCUT2D eigenvalue weighted by molar-refractivity contribution is 5.90. The van der Waals surface area contributed by atoms with E-state index in [1.807, 2.05) is 55.5 Å². The number of anilines is 1. The molecule has 2 aromatic carbocycles. The summed E-state index contributed by atoms with van der Waals surface area (Å²) in [6.07, 6.45) is 6.22. The Kier molecular flexibility index (Phi) is 5.93. The Bertz CT molecular complexity index is 1270. The van der Waals surface area contributed by atoms with E-state index in [9.17, 15) is 9.59 Å². The summed E-state index contributed by atoms with van der Waals surface area (Å²) in [5, 5.41) is 7.56. The summed E-state index contributed by atoms with van der Waals surface area (Å²) >= 11 is 0. The summed E-state index contributed by atoms with van der Waals surface area (Å²) in [5.74, 6) is -0.282. The first-order valence-corrected chi connectivity index (χ1v) is 10.4. The fourth-order valence-electron chi connectivity index (χ4n) is 3.53. The predicted molar refractivity (Wildman–Crippen MR) is 122 cm³/mol. The fraction of sp³-hybridized carbons (Fsp3) is 0.250. The molecule has 1 amide bonds. The monoisotopic (exact) mass is 415 g/mol. The summed E-state index contributed by atoms with van der Waals surface area (Å²) < 4.78 is 2.95. The molecular weight excluding hydrogens is 390 g/mol. The van der Waals surface area contributed by atoms with E-state index >= 15 is 0 Å². The summed E-state index contributed by atoms with van der Waals surface area (Å²) in [4.78, 5) is 29.8. The van der Waals surface area contributed by atoms with Gasteiger partial charge in [-0.15, -0.1) is 0 Å². The number of fused-ring (bicyclic) bond motifs is 1. The SMILES string of the molecule is CCCCc1ccc(NC(=O)Cn2cnc3c(cnn3-c3ccccc3C)c2=O)cc1. The molecule has 0 fully saturated rings. The molecule has 0 aliphatic carbocycles. The van der Waals surface area contributed by atoms with Crippen molar-refractivity contribution in [1.29, 1.82) is 0 Å². The number of benzene rings is 2. The number of aryl methyl sites for hydroxylation is 2. The highest BCUT2D eigenvalue weighted by Gasteiger charge is 2.14. The number of hydrogen-bond donors (Lipinski definition) is 1. The average Bonchev–Trinajstić information content (AvgIpc) is 3.20. The van der Waals surface area contributed by atoms with E-state index in [1.165, 1.54) is 22.7 Å². The zero-order valence-corrected chi connectivity index (χ0v) is 17.7. The van der Waals surface area contributed by atoms with E-state index in [2.05, 4.69) is 22.3 Å². The highest BCUT2D eigenvalue weighted by atomic mass is 16.2. The smallest absolute Gasteiger partial charge is 0.264 e. The van der Waals surface area contributed by atoms with Crippen molar-refractivity contribution in [2.24, 2.45) is 0 Å². The van der Waals surface area contributed by atoms with Crippen LogP contribution >= 0.6 is 0 Å². The quantitative estimate of drug-likeness (QED) is 0.497. The summed E-state index contributed by atoms with van der Waals surface area (Å²) in [5.41, 5.74) is 4.02. The van der Waals surface area contributed by atoms with Crippen LogP contribution in [0.4, 0.5) is 5.69 Å². The predicted octanol–water partition coefficient (Wildman–Crippen LogP) is 3.87. The number of rotatable bonds is 7. The first kappa shape index (κ1) is 20.5. The Hall–Kier alpha value is -3.74. The Morgan fingerprint density at radius 3 is 2.61 bits per heavy atom. The van der Waals surface area contributed by atoms with Crippen molar-refractivity contribution in [1.82, 2.24) is 19.3 Å². The Balaban J connectivity index is 1.51. The first-order valence-electron chi connectivity index (χ1n) is 10.4. The second-order valence-electron chi connectivity index (χ2n) is 7.61. The third-order valence-corrected chi connectivity index (χ3v) is 5.27. The van der Waals surface area contributed by atoms with Gasteiger partial charge in [-0.1, -0.05) is 43.7 Å². The van der Waals surface area contributed by atoms with Gasteiger partial charge in [0.1, 0.15) is 18.3 Å². The van der Waals surface area contributed by atoms with Gasteiger partial charge < -0.3 is 5.32 Å². The lowest BCUT2D eigenvalue weighted by molar-refractivity contribution is -0.116. The molecule has 31 heavy (non-hydrogen) atoms. The van der Waals surface area contributed by atoms with Gasteiger partial charge in [0.2, 0.25) is 5.91 Å². The number of carbonyl (C=O) groups excluding carboxylic acids is 1. The third-order valence-electron chi connectivity index (χ3n) is 5.27. The molecule has 2 heterocycles. The topological polar surface area (TPSA) is 81.8 Å². The minimum atomic E-state index is -0.296. The number of nitrogens with one attached hydrogen (secondary N) is 1. The Morgan fingerprint density at radius 1 is 1.10 bits per heavy atom. The molecule has 0 aliphatic heterocycles. The van der Waals surface area contributed by atoms with E-state index in [0.29, 0.717) is 16.7 Å². The molecule has 0 unspecified atom stereocenters. The van der Waals surface area contributed by atoms with Crippen LogP contribution in [0.15, 0.2) is 65.8 Å². The zero-order chi connectivity index (χ0) is 21.8. The van der Waals surface area contributed by atoms with Gasteiger partial charge in [0.05, 0.1) is 11.9 Å². The standard InChI is InChI=1S/C24H25N5O2/c1-3-4-8-18-10-12-19(13-11-18)27-22(30)15-28-16-25-23-20(24(28)31)14-26-29(23)21-9-6-5-7-17(21)2/h5-7,9-14,16H,3-4,8,15H2,1-2H3,(H,27,30). The minimum absolute atomic E-state index is 0.116. The van der Waals surface area contributed by atoms with Crippen molar-refractivity contribution < 1.29 is 4.79 Å². The Morgan fingerprint density at radius 2 is 1.87 bits per heavy atom. The molecule has 7 nitrogen and oxygen atoms in total. The van der Waals surface area contributed by atoms with Crippen molar-refractivity contribution in [3.63, 3.8) is 0 Å². The molecule has 0 bridgehead atoms. The number of hydrogen-bond acceptors (Lipinski definition) is 4. The maximum Gasteiger partial charge on any atom is 0.264 e. The number of amides is 1. The van der Waals surface area contributed by atoms with Gasteiger partial charge in [-0.2, -0.15) is 5.10 Å². The Labute approximate surface area is 180 Å².